The summed E-state index contributed by atoms with van der Waals surface area (Å²) in [5, 5.41) is 6.51. The van der Waals surface area contributed by atoms with Gasteiger partial charge in [0.15, 0.2) is 5.13 Å². The van der Waals surface area contributed by atoms with Crippen LogP contribution in [0.1, 0.15) is 33.8 Å². The maximum atomic E-state index is 11.9. The molecule has 0 saturated heterocycles. The van der Waals surface area contributed by atoms with Crippen molar-refractivity contribution in [3.63, 3.8) is 0 Å². The number of nitrogens with zero attached hydrogens (tertiary/aromatic N) is 1. The lowest BCUT2D eigenvalue weighted by atomic mass is 10.0. The van der Waals surface area contributed by atoms with E-state index in [-0.39, 0.29) is 18.4 Å². The average Bonchev–Trinajstić information content (AvgIpc) is 2.95. The van der Waals surface area contributed by atoms with Gasteiger partial charge in [-0.15, -0.1) is 11.3 Å². The molecule has 0 radical (unpaired) electrons. The van der Waals surface area contributed by atoms with E-state index in [1.165, 1.54) is 22.6 Å². The van der Waals surface area contributed by atoms with Crippen LogP contribution >= 0.6 is 22.9 Å². The van der Waals surface area contributed by atoms with Crippen molar-refractivity contribution in [2.24, 2.45) is 0 Å². The fourth-order valence-corrected chi connectivity index (χ4v) is 3.62. The number of anilines is 1. The van der Waals surface area contributed by atoms with E-state index in [4.69, 9.17) is 11.6 Å². The molecule has 0 fully saturated rings. The summed E-state index contributed by atoms with van der Waals surface area (Å²) in [6, 6.07) is 6.50. The maximum absolute atomic E-state index is 11.9. The van der Waals surface area contributed by atoms with Crippen LogP contribution in [0.2, 0.25) is 5.02 Å². The number of fused-ring (bicyclic) bond motifs is 1. The number of rotatable bonds is 4. The zero-order chi connectivity index (χ0) is 16.2. The molecule has 1 aliphatic carbocycles. The van der Waals surface area contributed by atoms with E-state index in [1.807, 2.05) is 0 Å². The van der Waals surface area contributed by atoms with Gasteiger partial charge in [0, 0.05) is 15.5 Å². The van der Waals surface area contributed by atoms with Crippen molar-refractivity contribution in [1.29, 1.82) is 0 Å². The van der Waals surface area contributed by atoms with Gasteiger partial charge in [-0.25, -0.2) is 4.98 Å². The molecule has 1 aromatic carbocycles. The highest BCUT2D eigenvalue weighted by Gasteiger charge is 2.16. The molecule has 1 heterocycles. The van der Waals surface area contributed by atoms with E-state index in [2.05, 4.69) is 15.6 Å². The third kappa shape index (κ3) is 4.09. The molecule has 0 spiro atoms. The molecule has 0 aliphatic heterocycles. The first kappa shape index (κ1) is 16.0. The molecule has 2 aromatic rings. The Bertz CT molecular complexity index is 704. The third-order valence-electron chi connectivity index (χ3n) is 3.61. The normalized spacial score (nSPS) is 13.3. The molecule has 3 rings (SSSR count). The quantitative estimate of drug-likeness (QED) is 0.891. The molecular weight excluding hydrogens is 334 g/mol. The number of aryl methyl sites for hydroxylation is 2. The molecule has 23 heavy (non-hydrogen) atoms. The van der Waals surface area contributed by atoms with E-state index in [9.17, 15) is 9.59 Å². The second kappa shape index (κ2) is 7.10. The van der Waals surface area contributed by atoms with Crippen LogP contribution in [0, 0.1) is 0 Å². The number of thiazole rings is 1. The topological polar surface area (TPSA) is 71.1 Å². The van der Waals surface area contributed by atoms with Gasteiger partial charge in [-0.3, -0.25) is 9.59 Å². The number of hydrogen-bond donors (Lipinski definition) is 2. The van der Waals surface area contributed by atoms with Gasteiger partial charge in [0.2, 0.25) is 5.91 Å². The van der Waals surface area contributed by atoms with Crippen molar-refractivity contribution in [3.8, 4) is 0 Å². The first-order chi connectivity index (χ1) is 11.1. The van der Waals surface area contributed by atoms with Crippen LogP contribution < -0.4 is 10.6 Å². The smallest absolute Gasteiger partial charge is 0.251 e. The highest BCUT2D eigenvalue weighted by molar-refractivity contribution is 7.15. The van der Waals surface area contributed by atoms with Crippen LogP contribution in [0.5, 0.6) is 0 Å². The second-order valence-corrected chi connectivity index (χ2v) is 6.85. The van der Waals surface area contributed by atoms with E-state index in [0.717, 1.165) is 25.0 Å². The summed E-state index contributed by atoms with van der Waals surface area (Å²) in [6.07, 6.45) is 4.35. The van der Waals surface area contributed by atoms with Crippen LogP contribution in [-0.4, -0.2) is 23.3 Å². The number of carbonyl (C=O) groups excluding carboxylic acids is 2. The number of nitrogens with one attached hydrogen (secondary N) is 2. The Morgan fingerprint density at radius 2 is 1.91 bits per heavy atom. The van der Waals surface area contributed by atoms with Gasteiger partial charge in [-0.05, 0) is 49.9 Å². The van der Waals surface area contributed by atoms with Crippen molar-refractivity contribution < 1.29 is 9.59 Å². The van der Waals surface area contributed by atoms with Crippen LogP contribution in [0.4, 0.5) is 5.13 Å². The number of halogens is 1. The van der Waals surface area contributed by atoms with Crippen LogP contribution in [0.25, 0.3) is 0 Å². The van der Waals surface area contributed by atoms with Gasteiger partial charge in [0.25, 0.3) is 5.91 Å². The number of amides is 2. The minimum atomic E-state index is -0.310. The van der Waals surface area contributed by atoms with E-state index < -0.39 is 0 Å². The van der Waals surface area contributed by atoms with Gasteiger partial charge in [0.1, 0.15) is 0 Å². The predicted octanol–water partition coefficient (Wildman–Crippen LogP) is 3.04. The van der Waals surface area contributed by atoms with Gasteiger partial charge in [-0.2, -0.15) is 0 Å². The Morgan fingerprint density at radius 3 is 2.65 bits per heavy atom. The Hall–Kier alpha value is -1.92. The summed E-state index contributed by atoms with van der Waals surface area (Å²) in [5.41, 5.74) is 1.56. The molecule has 2 N–H and O–H groups in total. The lowest BCUT2D eigenvalue weighted by Crippen LogP contribution is -2.32. The summed E-state index contributed by atoms with van der Waals surface area (Å²) in [7, 11) is 0. The monoisotopic (exact) mass is 349 g/mol. The Morgan fingerprint density at radius 1 is 1.17 bits per heavy atom. The van der Waals surface area contributed by atoms with Crippen molar-refractivity contribution in [3.05, 3.63) is 45.4 Å². The minimum absolute atomic E-state index is 0.0916. The highest BCUT2D eigenvalue weighted by Crippen LogP contribution is 2.29. The molecule has 2 amide bonds. The van der Waals surface area contributed by atoms with Crippen molar-refractivity contribution in [1.82, 2.24) is 10.3 Å². The lowest BCUT2D eigenvalue weighted by Gasteiger charge is -2.06. The van der Waals surface area contributed by atoms with E-state index >= 15 is 0 Å². The standard InChI is InChI=1S/C16H16ClN3O2S/c17-11-7-5-10(6-8-11)15(22)18-9-14(21)20-16-19-12-3-1-2-4-13(12)23-16/h5-8H,1-4,9H2,(H,18,22)(H,19,20,21). The fourth-order valence-electron chi connectivity index (χ4n) is 2.43. The lowest BCUT2D eigenvalue weighted by molar-refractivity contribution is -0.115. The summed E-state index contributed by atoms with van der Waals surface area (Å²) in [4.78, 5) is 29.6. The Labute approximate surface area is 143 Å². The van der Waals surface area contributed by atoms with Gasteiger partial charge in [0.05, 0.1) is 12.2 Å². The molecule has 120 valence electrons. The van der Waals surface area contributed by atoms with Crippen LogP contribution in [0.15, 0.2) is 24.3 Å². The maximum Gasteiger partial charge on any atom is 0.251 e. The Balaban J connectivity index is 1.52. The zero-order valence-corrected chi connectivity index (χ0v) is 14.0. The fraction of sp³-hybridized carbons (Fsp3) is 0.312. The second-order valence-electron chi connectivity index (χ2n) is 5.33. The summed E-state index contributed by atoms with van der Waals surface area (Å²) in [6.45, 7) is -0.0916. The van der Waals surface area contributed by atoms with Gasteiger partial charge in [-0.1, -0.05) is 11.6 Å². The van der Waals surface area contributed by atoms with E-state index in [1.54, 1.807) is 24.3 Å². The summed E-state index contributed by atoms with van der Waals surface area (Å²) < 4.78 is 0. The van der Waals surface area contributed by atoms with Gasteiger partial charge < -0.3 is 10.6 Å². The molecule has 1 aromatic heterocycles. The molecular formula is C16H16ClN3O2S. The van der Waals surface area contributed by atoms with Crippen molar-refractivity contribution in [2.45, 2.75) is 25.7 Å². The molecule has 1 aliphatic rings. The van der Waals surface area contributed by atoms with Crippen LogP contribution in [0.3, 0.4) is 0 Å². The average molecular weight is 350 g/mol. The Kier molecular flexibility index (Phi) is 4.93. The number of benzene rings is 1. The molecule has 0 unspecified atom stereocenters. The molecule has 0 bridgehead atoms. The van der Waals surface area contributed by atoms with Crippen molar-refractivity contribution >= 4 is 39.9 Å². The zero-order valence-electron chi connectivity index (χ0n) is 12.4. The predicted molar refractivity (Wildman–Crippen MR) is 91.2 cm³/mol. The minimum Gasteiger partial charge on any atom is -0.343 e. The number of aromatic nitrogens is 1. The van der Waals surface area contributed by atoms with Crippen LogP contribution in [-0.2, 0) is 17.6 Å². The summed E-state index contributed by atoms with van der Waals surface area (Å²) in [5.74, 6) is -0.589. The summed E-state index contributed by atoms with van der Waals surface area (Å²) >= 11 is 7.30. The third-order valence-corrected chi connectivity index (χ3v) is 4.93. The van der Waals surface area contributed by atoms with Crippen molar-refractivity contribution in [2.75, 3.05) is 11.9 Å². The molecule has 0 atom stereocenters. The number of hydrogen-bond acceptors (Lipinski definition) is 4. The van der Waals surface area contributed by atoms with Gasteiger partial charge >= 0.3 is 0 Å². The first-order valence-corrected chi connectivity index (χ1v) is 8.63. The highest BCUT2D eigenvalue weighted by atomic mass is 35.5. The molecule has 0 saturated carbocycles. The SMILES string of the molecule is O=C(CNC(=O)c1ccc(Cl)cc1)Nc1nc2c(s1)CCCC2. The molecule has 7 heteroatoms. The van der Waals surface area contributed by atoms with E-state index in [0.29, 0.717) is 15.7 Å². The largest absolute Gasteiger partial charge is 0.343 e. The first-order valence-electron chi connectivity index (χ1n) is 7.44. The molecule has 5 nitrogen and oxygen atoms in total. The number of carbonyl (C=O) groups is 2.